The summed E-state index contributed by atoms with van der Waals surface area (Å²) < 4.78 is 18.4. The number of nitrogens with zero attached hydrogens (tertiary/aromatic N) is 2. The molecule has 0 aliphatic carbocycles. The van der Waals surface area contributed by atoms with Crippen LogP contribution in [-0.2, 0) is 0 Å². The topological polar surface area (TPSA) is 98.3 Å². The molecule has 0 aliphatic heterocycles. The van der Waals surface area contributed by atoms with Crippen molar-refractivity contribution in [2.45, 2.75) is 0 Å². The lowest BCUT2D eigenvalue weighted by Crippen LogP contribution is -2.12. The van der Waals surface area contributed by atoms with E-state index in [9.17, 15) is 19.3 Å². The summed E-state index contributed by atoms with van der Waals surface area (Å²) in [6, 6.07) is 13.6. The van der Waals surface area contributed by atoms with Gasteiger partial charge in [-0.25, -0.2) is 0 Å². The quantitative estimate of drug-likeness (QED) is 0.582. The maximum absolute atomic E-state index is 13.3. The number of hydrogen-bond donors (Lipinski definition) is 1. The Bertz CT molecular complexity index is 909. The zero-order chi connectivity index (χ0) is 17.1. The Kier molecular flexibility index (Phi) is 4.02. The number of halogens is 1. The Morgan fingerprint density at radius 2 is 1.92 bits per heavy atom. The predicted molar refractivity (Wildman–Crippen MR) is 82.9 cm³/mol. The number of amides is 1. The maximum Gasteiger partial charge on any atom is 0.306 e. The second kappa shape index (κ2) is 6.29. The first kappa shape index (κ1) is 15.3. The van der Waals surface area contributed by atoms with E-state index >= 15 is 0 Å². The smallest absolute Gasteiger partial charge is 0.306 e. The lowest BCUT2D eigenvalue weighted by atomic mass is 10.1. The summed E-state index contributed by atoms with van der Waals surface area (Å²) in [5.41, 5.74) is 0.109. The van der Waals surface area contributed by atoms with Gasteiger partial charge in [0.15, 0.2) is 11.5 Å². The average Bonchev–Trinajstić information content (AvgIpc) is 3.07. The van der Waals surface area contributed by atoms with Crippen LogP contribution in [0.5, 0.6) is 0 Å². The molecule has 1 N–H and O–H groups in total. The molecule has 0 unspecified atom stereocenters. The van der Waals surface area contributed by atoms with E-state index in [1.54, 1.807) is 12.1 Å². The average molecular weight is 327 g/mol. The third-order valence-corrected chi connectivity index (χ3v) is 3.20. The molecule has 1 aromatic heterocycles. The second-order valence-electron chi connectivity index (χ2n) is 4.82. The number of hydrogen-bond acceptors (Lipinski definition) is 5. The highest BCUT2D eigenvalue weighted by atomic mass is 19.1. The van der Waals surface area contributed by atoms with Crippen LogP contribution < -0.4 is 5.32 Å². The minimum absolute atomic E-state index is 0.000770. The van der Waals surface area contributed by atoms with E-state index in [1.807, 2.05) is 18.2 Å². The van der Waals surface area contributed by atoms with Crippen LogP contribution in [0.2, 0.25) is 0 Å². The molecule has 0 aliphatic rings. The number of carbonyl (C=O) groups excluding carboxylic acids is 1. The first-order chi connectivity index (χ1) is 11.5. The lowest BCUT2D eigenvalue weighted by molar-refractivity contribution is -0.387. The molecular formula is C16H10FN3O4. The number of carbonyl (C=O) groups is 1. The molecule has 7 nitrogen and oxygen atoms in total. The summed E-state index contributed by atoms with van der Waals surface area (Å²) >= 11 is 0. The number of nitro benzene ring substituents is 1. The van der Waals surface area contributed by atoms with Crippen molar-refractivity contribution < 1.29 is 18.6 Å². The molecule has 0 spiro atoms. The van der Waals surface area contributed by atoms with E-state index in [1.165, 1.54) is 12.1 Å². The molecule has 3 rings (SSSR count). The summed E-state index contributed by atoms with van der Waals surface area (Å²) in [5, 5.41) is 16.8. The van der Waals surface area contributed by atoms with Crippen molar-refractivity contribution in [2.24, 2.45) is 0 Å². The van der Waals surface area contributed by atoms with Gasteiger partial charge in [-0.15, -0.1) is 0 Å². The minimum Gasteiger partial charge on any atom is -0.355 e. The van der Waals surface area contributed by atoms with Gasteiger partial charge in [0.2, 0.25) is 5.82 Å². The fraction of sp³-hybridized carbons (Fsp3) is 0. The van der Waals surface area contributed by atoms with Gasteiger partial charge >= 0.3 is 5.69 Å². The van der Waals surface area contributed by atoms with E-state index in [0.717, 1.165) is 17.7 Å². The molecule has 24 heavy (non-hydrogen) atoms. The van der Waals surface area contributed by atoms with E-state index < -0.39 is 22.3 Å². The number of benzene rings is 2. The van der Waals surface area contributed by atoms with Crippen LogP contribution in [0.25, 0.3) is 11.3 Å². The van der Waals surface area contributed by atoms with Crippen molar-refractivity contribution in [1.82, 2.24) is 5.16 Å². The van der Waals surface area contributed by atoms with Gasteiger partial charge in [0, 0.05) is 23.4 Å². The van der Waals surface area contributed by atoms with E-state index in [2.05, 4.69) is 10.5 Å². The normalized spacial score (nSPS) is 10.4. The molecule has 120 valence electrons. The molecule has 0 atom stereocenters. The highest BCUT2D eigenvalue weighted by Crippen LogP contribution is 2.23. The highest BCUT2D eigenvalue weighted by molar-refractivity contribution is 6.03. The number of nitro groups is 1. The largest absolute Gasteiger partial charge is 0.355 e. The number of nitrogens with one attached hydrogen (secondary N) is 1. The molecule has 1 heterocycles. The van der Waals surface area contributed by atoms with Gasteiger partial charge in [-0.3, -0.25) is 14.9 Å². The van der Waals surface area contributed by atoms with Gasteiger partial charge in [-0.05, 0) is 12.1 Å². The summed E-state index contributed by atoms with van der Waals surface area (Å²) in [6.45, 7) is 0. The number of rotatable bonds is 4. The zero-order valence-corrected chi connectivity index (χ0v) is 12.1. The summed E-state index contributed by atoms with van der Waals surface area (Å²) in [6.07, 6.45) is 0. The standard InChI is InChI=1S/C16H10FN3O4/c17-12-7-6-11(8-14(12)20(22)23)18-16(21)13-9-15(24-19-13)10-4-2-1-3-5-10/h1-9H,(H,18,21). The molecule has 0 fully saturated rings. The van der Waals surface area contributed by atoms with E-state index in [0.29, 0.717) is 5.76 Å². The lowest BCUT2D eigenvalue weighted by Gasteiger charge is -2.02. The van der Waals surface area contributed by atoms with Gasteiger partial charge < -0.3 is 9.84 Å². The van der Waals surface area contributed by atoms with Crippen LogP contribution in [-0.4, -0.2) is 16.0 Å². The second-order valence-corrected chi connectivity index (χ2v) is 4.82. The monoisotopic (exact) mass is 327 g/mol. The van der Waals surface area contributed by atoms with Crippen LogP contribution in [0.15, 0.2) is 59.1 Å². The van der Waals surface area contributed by atoms with Crippen molar-refractivity contribution in [1.29, 1.82) is 0 Å². The van der Waals surface area contributed by atoms with Gasteiger partial charge in [0.25, 0.3) is 5.91 Å². The van der Waals surface area contributed by atoms with Crippen molar-refractivity contribution in [3.8, 4) is 11.3 Å². The summed E-state index contributed by atoms with van der Waals surface area (Å²) in [4.78, 5) is 22.0. The zero-order valence-electron chi connectivity index (χ0n) is 12.1. The SMILES string of the molecule is O=C(Nc1ccc(F)c([N+](=O)[O-])c1)c1cc(-c2ccccc2)on1. The molecule has 3 aromatic rings. The third kappa shape index (κ3) is 3.12. The maximum atomic E-state index is 13.3. The molecule has 8 heteroatoms. The fourth-order valence-corrected chi connectivity index (χ4v) is 2.05. The van der Waals surface area contributed by atoms with Crippen LogP contribution in [0.3, 0.4) is 0 Å². The minimum atomic E-state index is -0.981. The Morgan fingerprint density at radius 3 is 2.62 bits per heavy atom. The molecular weight excluding hydrogens is 317 g/mol. The van der Waals surface area contributed by atoms with E-state index in [-0.39, 0.29) is 11.4 Å². The first-order valence-electron chi connectivity index (χ1n) is 6.82. The van der Waals surface area contributed by atoms with Gasteiger partial charge in [0.1, 0.15) is 0 Å². The highest BCUT2D eigenvalue weighted by Gasteiger charge is 2.18. The van der Waals surface area contributed by atoms with Gasteiger partial charge in [-0.2, -0.15) is 4.39 Å². The van der Waals surface area contributed by atoms with Crippen molar-refractivity contribution in [3.05, 3.63) is 76.2 Å². The third-order valence-electron chi connectivity index (χ3n) is 3.20. The van der Waals surface area contributed by atoms with Crippen LogP contribution in [0.4, 0.5) is 15.8 Å². The summed E-state index contributed by atoms with van der Waals surface area (Å²) in [5.74, 6) is -1.20. The molecule has 0 saturated heterocycles. The van der Waals surface area contributed by atoms with Crippen molar-refractivity contribution in [3.63, 3.8) is 0 Å². The first-order valence-corrected chi connectivity index (χ1v) is 6.82. The molecule has 0 radical (unpaired) electrons. The van der Waals surface area contributed by atoms with Crippen LogP contribution >= 0.6 is 0 Å². The Balaban J connectivity index is 1.80. The van der Waals surface area contributed by atoms with Gasteiger partial charge in [-0.1, -0.05) is 35.5 Å². The molecule has 2 aromatic carbocycles. The van der Waals surface area contributed by atoms with Crippen LogP contribution in [0.1, 0.15) is 10.5 Å². The van der Waals surface area contributed by atoms with Crippen molar-refractivity contribution >= 4 is 17.3 Å². The number of aromatic nitrogens is 1. The number of anilines is 1. The fourth-order valence-electron chi connectivity index (χ4n) is 2.05. The molecule has 0 saturated carbocycles. The summed E-state index contributed by atoms with van der Waals surface area (Å²) in [7, 11) is 0. The Hall–Kier alpha value is -3.55. The van der Waals surface area contributed by atoms with Crippen molar-refractivity contribution in [2.75, 3.05) is 5.32 Å². The van der Waals surface area contributed by atoms with Gasteiger partial charge in [0.05, 0.1) is 4.92 Å². The van der Waals surface area contributed by atoms with Crippen LogP contribution in [0, 0.1) is 15.9 Å². The molecule has 1 amide bonds. The Labute approximate surface area is 134 Å². The van der Waals surface area contributed by atoms with E-state index in [4.69, 9.17) is 4.52 Å². The molecule has 0 bridgehead atoms. The predicted octanol–water partition coefficient (Wildman–Crippen LogP) is 3.64. The Morgan fingerprint density at radius 1 is 1.17 bits per heavy atom.